The topological polar surface area (TPSA) is 72.2 Å². The predicted molar refractivity (Wildman–Crippen MR) is 64.5 cm³/mol. The van der Waals surface area contributed by atoms with Crippen LogP contribution in [0.3, 0.4) is 0 Å². The molecule has 0 bridgehead atoms. The molecular weight excluding hydrogens is 224 g/mol. The van der Waals surface area contributed by atoms with Crippen LogP contribution in [0.1, 0.15) is 44.9 Å². The van der Waals surface area contributed by atoms with Gasteiger partial charge in [0.15, 0.2) is 0 Å². The third-order valence-electron chi connectivity index (χ3n) is 3.74. The van der Waals surface area contributed by atoms with Crippen LogP contribution in [0.4, 0.5) is 0 Å². The predicted octanol–water partition coefficient (Wildman–Crippen LogP) is 0.976. The van der Waals surface area contributed by atoms with E-state index in [0.717, 1.165) is 38.5 Å². The van der Waals surface area contributed by atoms with Gasteiger partial charge >= 0.3 is 0 Å². The van der Waals surface area contributed by atoms with Crippen molar-refractivity contribution in [2.75, 3.05) is 6.54 Å². The average Bonchev–Trinajstić information content (AvgIpc) is 3.11. The molecule has 0 amide bonds. The Morgan fingerprint density at radius 3 is 2.31 bits per heavy atom. The SMILES string of the molecule is NC(CNS(=O)(=O)C1CCCCC1)C1CC1. The summed E-state index contributed by atoms with van der Waals surface area (Å²) in [4.78, 5) is 0. The van der Waals surface area contributed by atoms with Crippen molar-refractivity contribution in [3.05, 3.63) is 0 Å². The molecule has 0 spiro atoms. The van der Waals surface area contributed by atoms with Gasteiger partial charge in [-0.05, 0) is 31.6 Å². The Morgan fingerprint density at radius 1 is 1.12 bits per heavy atom. The van der Waals surface area contributed by atoms with Crippen LogP contribution in [0.15, 0.2) is 0 Å². The molecule has 2 saturated carbocycles. The standard InChI is InChI=1S/C11H22N2O2S/c12-11(9-6-7-9)8-13-16(14,15)10-4-2-1-3-5-10/h9-11,13H,1-8,12H2. The van der Waals surface area contributed by atoms with Crippen LogP contribution in [0.25, 0.3) is 0 Å². The first-order chi connectivity index (χ1) is 7.59. The molecule has 0 heterocycles. The van der Waals surface area contributed by atoms with Crippen LogP contribution in [-0.4, -0.2) is 26.3 Å². The molecule has 5 heteroatoms. The zero-order valence-electron chi connectivity index (χ0n) is 9.69. The van der Waals surface area contributed by atoms with Crippen molar-refractivity contribution in [1.29, 1.82) is 0 Å². The minimum atomic E-state index is -3.11. The number of nitrogens with one attached hydrogen (secondary N) is 1. The highest BCUT2D eigenvalue weighted by atomic mass is 32.2. The third kappa shape index (κ3) is 3.18. The van der Waals surface area contributed by atoms with Crippen LogP contribution in [0.2, 0.25) is 0 Å². The molecule has 4 nitrogen and oxygen atoms in total. The summed E-state index contributed by atoms with van der Waals surface area (Å²) in [6.45, 7) is 0.420. The molecule has 2 rings (SSSR count). The van der Waals surface area contributed by atoms with Gasteiger partial charge in [-0.25, -0.2) is 13.1 Å². The van der Waals surface area contributed by atoms with E-state index in [-0.39, 0.29) is 11.3 Å². The lowest BCUT2D eigenvalue weighted by Gasteiger charge is -2.23. The highest BCUT2D eigenvalue weighted by Gasteiger charge is 2.31. The number of hydrogen-bond acceptors (Lipinski definition) is 3. The van der Waals surface area contributed by atoms with Gasteiger partial charge in [0.2, 0.25) is 10.0 Å². The molecular formula is C11H22N2O2S. The Labute approximate surface area is 98.0 Å². The zero-order chi connectivity index (χ0) is 11.6. The fourth-order valence-corrected chi connectivity index (χ4v) is 4.01. The molecule has 3 N–H and O–H groups in total. The van der Waals surface area contributed by atoms with Crippen molar-refractivity contribution in [3.8, 4) is 0 Å². The van der Waals surface area contributed by atoms with Crippen molar-refractivity contribution in [2.24, 2.45) is 11.7 Å². The summed E-state index contributed by atoms with van der Waals surface area (Å²) >= 11 is 0. The summed E-state index contributed by atoms with van der Waals surface area (Å²) in [5, 5.41) is -0.173. The molecule has 1 unspecified atom stereocenters. The minimum absolute atomic E-state index is 0.0124. The maximum Gasteiger partial charge on any atom is 0.214 e. The van der Waals surface area contributed by atoms with E-state index in [4.69, 9.17) is 5.73 Å². The lowest BCUT2D eigenvalue weighted by molar-refractivity contribution is 0.472. The van der Waals surface area contributed by atoms with E-state index in [1.165, 1.54) is 6.42 Å². The summed E-state index contributed by atoms with van der Waals surface area (Å²) in [6.07, 6.45) is 7.20. The Morgan fingerprint density at radius 2 is 1.75 bits per heavy atom. The normalized spacial score (nSPS) is 25.6. The molecule has 1 atom stereocenters. The second-order valence-electron chi connectivity index (χ2n) is 5.15. The van der Waals surface area contributed by atoms with Gasteiger partial charge in [-0.3, -0.25) is 0 Å². The van der Waals surface area contributed by atoms with E-state index >= 15 is 0 Å². The second kappa shape index (κ2) is 5.02. The molecule has 0 radical (unpaired) electrons. The van der Waals surface area contributed by atoms with E-state index in [9.17, 15) is 8.42 Å². The van der Waals surface area contributed by atoms with Gasteiger partial charge in [0.1, 0.15) is 0 Å². The Kier molecular flexibility index (Phi) is 3.87. The van der Waals surface area contributed by atoms with Crippen molar-refractivity contribution in [2.45, 2.75) is 56.2 Å². The first-order valence-electron chi connectivity index (χ1n) is 6.33. The van der Waals surface area contributed by atoms with E-state index in [2.05, 4.69) is 4.72 Å². The summed E-state index contributed by atoms with van der Waals surface area (Å²) in [5.74, 6) is 0.550. The highest BCUT2D eigenvalue weighted by molar-refractivity contribution is 7.90. The summed E-state index contributed by atoms with van der Waals surface area (Å²) in [5.41, 5.74) is 5.89. The monoisotopic (exact) mass is 246 g/mol. The molecule has 0 saturated heterocycles. The van der Waals surface area contributed by atoms with Crippen LogP contribution >= 0.6 is 0 Å². The van der Waals surface area contributed by atoms with Gasteiger partial charge in [-0.1, -0.05) is 19.3 Å². The Balaban J connectivity index is 1.81. The van der Waals surface area contributed by atoms with Crippen molar-refractivity contribution < 1.29 is 8.42 Å². The van der Waals surface area contributed by atoms with Gasteiger partial charge in [-0.2, -0.15) is 0 Å². The molecule has 94 valence electrons. The van der Waals surface area contributed by atoms with Gasteiger partial charge in [0, 0.05) is 12.6 Å². The number of rotatable bonds is 5. The van der Waals surface area contributed by atoms with Crippen LogP contribution < -0.4 is 10.5 Å². The Bertz CT molecular complexity index is 319. The maximum absolute atomic E-state index is 12.0. The first-order valence-corrected chi connectivity index (χ1v) is 7.88. The van der Waals surface area contributed by atoms with E-state index in [1.807, 2.05) is 0 Å². The average molecular weight is 246 g/mol. The van der Waals surface area contributed by atoms with E-state index in [0.29, 0.717) is 12.5 Å². The quantitative estimate of drug-likeness (QED) is 0.759. The van der Waals surface area contributed by atoms with Gasteiger partial charge < -0.3 is 5.73 Å². The van der Waals surface area contributed by atoms with Crippen LogP contribution in [0.5, 0.6) is 0 Å². The third-order valence-corrected chi connectivity index (χ3v) is 5.66. The minimum Gasteiger partial charge on any atom is -0.326 e. The molecule has 2 aliphatic carbocycles. The largest absolute Gasteiger partial charge is 0.326 e. The molecule has 0 aliphatic heterocycles. The van der Waals surface area contributed by atoms with Crippen molar-refractivity contribution in [3.63, 3.8) is 0 Å². The smallest absolute Gasteiger partial charge is 0.214 e. The summed E-state index contributed by atoms with van der Waals surface area (Å²) in [6, 6.07) is 0.0124. The summed E-state index contributed by atoms with van der Waals surface area (Å²) in [7, 11) is -3.11. The molecule has 2 fully saturated rings. The van der Waals surface area contributed by atoms with E-state index < -0.39 is 10.0 Å². The summed E-state index contributed by atoms with van der Waals surface area (Å²) < 4.78 is 26.6. The lowest BCUT2D eigenvalue weighted by Crippen LogP contribution is -2.43. The Hall–Kier alpha value is -0.130. The zero-order valence-corrected chi connectivity index (χ0v) is 10.5. The number of nitrogens with two attached hydrogens (primary N) is 1. The maximum atomic E-state index is 12.0. The highest BCUT2D eigenvalue weighted by Crippen LogP contribution is 2.31. The molecule has 2 aliphatic rings. The lowest BCUT2D eigenvalue weighted by atomic mass is 10.0. The first kappa shape index (κ1) is 12.3. The van der Waals surface area contributed by atoms with Crippen molar-refractivity contribution in [1.82, 2.24) is 4.72 Å². The fraction of sp³-hybridized carbons (Fsp3) is 1.00. The fourth-order valence-electron chi connectivity index (χ4n) is 2.40. The molecule has 16 heavy (non-hydrogen) atoms. The van der Waals surface area contributed by atoms with Gasteiger partial charge in [-0.15, -0.1) is 0 Å². The van der Waals surface area contributed by atoms with Gasteiger partial charge in [0.05, 0.1) is 5.25 Å². The van der Waals surface area contributed by atoms with Crippen LogP contribution in [-0.2, 0) is 10.0 Å². The van der Waals surface area contributed by atoms with Crippen LogP contribution in [0, 0.1) is 5.92 Å². The van der Waals surface area contributed by atoms with E-state index in [1.54, 1.807) is 0 Å². The molecule has 0 aromatic carbocycles. The molecule has 0 aromatic heterocycles. The number of hydrogen-bond donors (Lipinski definition) is 2. The second-order valence-corrected chi connectivity index (χ2v) is 7.20. The van der Waals surface area contributed by atoms with Crippen molar-refractivity contribution >= 4 is 10.0 Å². The number of sulfonamides is 1. The molecule has 0 aromatic rings. The van der Waals surface area contributed by atoms with Gasteiger partial charge in [0.25, 0.3) is 0 Å².